The van der Waals surface area contributed by atoms with Gasteiger partial charge in [-0.1, -0.05) is 18.2 Å². The van der Waals surface area contributed by atoms with Gasteiger partial charge in [-0.2, -0.15) is 0 Å². The van der Waals surface area contributed by atoms with Crippen LogP contribution in [-0.2, 0) is 21.6 Å². The molecule has 2 rings (SSSR count). The molecule has 0 saturated carbocycles. The number of benzene rings is 1. The maximum Gasteiger partial charge on any atom is 0.320 e. The standard InChI is InChI=1S/C9H7NO.C3H7NO2.Co/c11-8-5-1-3-7-4-2-6-10-9(7)8;1-2(4)3(5)6;/h1-6,11H;2H,4H2,1H3,(H,5,6);. The summed E-state index contributed by atoms with van der Waals surface area (Å²) in [5.74, 6) is -0.724. The van der Waals surface area contributed by atoms with Crippen LogP contribution in [0, 0.1) is 0 Å². The SMILES string of the molecule is CC(N)C(=O)O.Oc1cccc2cccnc12.[Co]. The predicted molar refractivity (Wildman–Crippen MR) is 64.7 cm³/mol. The number of carboxylic acids is 1. The van der Waals surface area contributed by atoms with Crippen LogP contribution in [0.1, 0.15) is 6.92 Å². The maximum absolute atomic E-state index is 9.57. The molecule has 1 radical (unpaired) electrons. The third-order valence-electron chi connectivity index (χ3n) is 2.00. The third-order valence-corrected chi connectivity index (χ3v) is 2.00. The van der Waals surface area contributed by atoms with Gasteiger partial charge >= 0.3 is 5.97 Å². The van der Waals surface area contributed by atoms with Gasteiger partial charge in [0.15, 0.2) is 0 Å². The van der Waals surface area contributed by atoms with E-state index in [4.69, 9.17) is 10.8 Å². The number of aromatic hydroxyl groups is 1. The number of phenolic OH excluding ortho intramolecular Hbond substituents is 1. The molecule has 0 bridgehead atoms. The minimum atomic E-state index is -0.963. The van der Waals surface area contributed by atoms with Crippen LogP contribution in [0.2, 0.25) is 0 Å². The largest absolute Gasteiger partial charge is 0.506 e. The van der Waals surface area contributed by atoms with Crippen LogP contribution in [0.3, 0.4) is 0 Å². The first kappa shape index (κ1) is 16.4. The molecule has 0 fully saturated rings. The summed E-state index contributed by atoms with van der Waals surface area (Å²) in [6.07, 6.45) is 1.67. The van der Waals surface area contributed by atoms with Gasteiger partial charge in [0.25, 0.3) is 0 Å². The molecular weight excluding hydrogens is 279 g/mol. The van der Waals surface area contributed by atoms with Crippen LogP contribution >= 0.6 is 0 Å². The number of hydrogen-bond acceptors (Lipinski definition) is 4. The van der Waals surface area contributed by atoms with E-state index in [2.05, 4.69) is 4.98 Å². The van der Waals surface area contributed by atoms with Crippen molar-refractivity contribution in [3.63, 3.8) is 0 Å². The molecule has 5 nitrogen and oxygen atoms in total. The fourth-order valence-corrected chi connectivity index (χ4v) is 1.09. The van der Waals surface area contributed by atoms with Crippen LogP contribution in [0.25, 0.3) is 10.9 Å². The van der Waals surface area contributed by atoms with Crippen LogP contribution in [0.5, 0.6) is 5.75 Å². The molecule has 2 aromatic rings. The minimum absolute atomic E-state index is 0. The average molecular weight is 293 g/mol. The summed E-state index contributed by atoms with van der Waals surface area (Å²) >= 11 is 0. The Labute approximate surface area is 115 Å². The zero-order valence-corrected chi connectivity index (χ0v) is 10.7. The van der Waals surface area contributed by atoms with E-state index in [9.17, 15) is 9.90 Å². The number of nitrogens with zero attached hydrogens (tertiary/aromatic N) is 1. The molecule has 1 atom stereocenters. The number of fused-ring (bicyclic) bond motifs is 1. The summed E-state index contributed by atoms with van der Waals surface area (Å²) < 4.78 is 0. The van der Waals surface area contributed by atoms with Gasteiger partial charge in [-0.3, -0.25) is 9.78 Å². The van der Waals surface area contributed by atoms with Crippen molar-refractivity contribution in [2.45, 2.75) is 13.0 Å². The molecule has 1 unspecified atom stereocenters. The van der Waals surface area contributed by atoms with Crippen molar-refractivity contribution in [1.82, 2.24) is 4.98 Å². The number of hydrogen-bond donors (Lipinski definition) is 3. The Kier molecular flexibility index (Phi) is 6.95. The van der Waals surface area contributed by atoms with Gasteiger partial charge in [0.05, 0.1) is 0 Å². The van der Waals surface area contributed by atoms with Crippen LogP contribution in [0.15, 0.2) is 36.5 Å². The summed E-state index contributed by atoms with van der Waals surface area (Å²) in [6, 6.07) is 8.39. The van der Waals surface area contributed by atoms with Crippen molar-refractivity contribution in [2.75, 3.05) is 0 Å². The van der Waals surface area contributed by atoms with Crippen LogP contribution < -0.4 is 5.73 Å². The number of carbonyl (C=O) groups is 1. The van der Waals surface area contributed by atoms with E-state index in [1.807, 2.05) is 18.2 Å². The Morgan fingerprint density at radius 1 is 1.33 bits per heavy atom. The summed E-state index contributed by atoms with van der Waals surface area (Å²) in [5, 5.41) is 18.1. The molecule has 99 valence electrons. The Morgan fingerprint density at radius 3 is 2.39 bits per heavy atom. The number of aliphatic carboxylic acids is 1. The molecule has 18 heavy (non-hydrogen) atoms. The van der Waals surface area contributed by atoms with E-state index in [0.717, 1.165) is 5.39 Å². The Morgan fingerprint density at radius 2 is 1.89 bits per heavy atom. The molecule has 0 saturated heterocycles. The molecule has 1 heterocycles. The van der Waals surface area contributed by atoms with Crippen molar-refractivity contribution >= 4 is 16.9 Å². The summed E-state index contributed by atoms with van der Waals surface area (Å²) in [5.41, 5.74) is 5.50. The summed E-state index contributed by atoms with van der Waals surface area (Å²) in [7, 11) is 0. The molecule has 0 aliphatic heterocycles. The van der Waals surface area contributed by atoms with E-state index in [1.54, 1.807) is 18.3 Å². The smallest absolute Gasteiger partial charge is 0.320 e. The zero-order chi connectivity index (χ0) is 12.8. The number of phenols is 1. The van der Waals surface area contributed by atoms with Gasteiger partial charge in [-0.05, 0) is 19.1 Å². The second-order valence-corrected chi connectivity index (χ2v) is 3.48. The van der Waals surface area contributed by atoms with Crippen LogP contribution in [0.4, 0.5) is 0 Å². The summed E-state index contributed by atoms with van der Waals surface area (Å²) in [6.45, 7) is 1.42. The van der Waals surface area contributed by atoms with Gasteiger partial charge in [0.2, 0.25) is 0 Å². The number of para-hydroxylation sites is 1. The molecule has 0 spiro atoms. The second kappa shape index (κ2) is 7.65. The molecular formula is C12H14CoN2O3. The second-order valence-electron chi connectivity index (χ2n) is 3.48. The molecule has 0 amide bonds. The predicted octanol–water partition coefficient (Wildman–Crippen LogP) is 1.36. The number of nitrogens with two attached hydrogens (primary N) is 1. The van der Waals surface area contributed by atoms with Gasteiger partial charge in [-0.15, -0.1) is 0 Å². The van der Waals surface area contributed by atoms with Crippen molar-refractivity contribution in [3.8, 4) is 5.75 Å². The number of rotatable bonds is 1. The van der Waals surface area contributed by atoms with E-state index < -0.39 is 12.0 Å². The fraction of sp³-hybridized carbons (Fsp3) is 0.167. The molecule has 4 N–H and O–H groups in total. The monoisotopic (exact) mass is 293 g/mol. The van der Waals surface area contributed by atoms with E-state index in [-0.39, 0.29) is 22.5 Å². The van der Waals surface area contributed by atoms with Crippen molar-refractivity contribution < 1.29 is 31.8 Å². The average Bonchev–Trinajstić information content (AvgIpc) is 2.30. The Bertz CT molecular complexity index is 512. The minimum Gasteiger partial charge on any atom is -0.506 e. The van der Waals surface area contributed by atoms with Crippen molar-refractivity contribution in [1.29, 1.82) is 0 Å². The Balaban J connectivity index is 0.000000362. The maximum atomic E-state index is 9.57. The molecule has 0 aliphatic carbocycles. The number of carboxylic acid groups (broad SMARTS) is 1. The fourth-order valence-electron chi connectivity index (χ4n) is 1.09. The summed E-state index contributed by atoms with van der Waals surface area (Å²) in [4.78, 5) is 13.6. The molecule has 6 heteroatoms. The quantitative estimate of drug-likeness (QED) is 0.737. The zero-order valence-electron chi connectivity index (χ0n) is 9.70. The van der Waals surface area contributed by atoms with Crippen molar-refractivity contribution in [3.05, 3.63) is 36.5 Å². The number of pyridine rings is 1. The van der Waals surface area contributed by atoms with E-state index >= 15 is 0 Å². The number of aromatic nitrogens is 1. The normalized spacial score (nSPS) is 10.8. The first-order valence-electron chi connectivity index (χ1n) is 5.03. The first-order valence-corrected chi connectivity index (χ1v) is 5.03. The van der Waals surface area contributed by atoms with Crippen LogP contribution in [-0.4, -0.2) is 27.2 Å². The van der Waals surface area contributed by atoms with Gasteiger partial charge in [0.1, 0.15) is 17.3 Å². The molecule has 1 aromatic carbocycles. The first-order chi connectivity index (χ1) is 8.02. The Hall–Kier alpha value is -1.63. The van der Waals surface area contributed by atoms with Gasteiger partial charge < -0.3 is 15.9 Å². The van der Waals surface area contributed by atoms with E-state index in [1.165, 1.54) is 6.92 Å². The molecule has 1 aromatic heterocycles. The van der Waals surface area contributed by atoms with Crippen molar-refractivity contribution in [2.24, 2.45) is 5.73 Å². The van der Waals surface area contributed by atoms with E-state index in [0.29, 0.717) is 5.52 Å². The van der Waals surface area contributed by atoms with Gasteiger partial charge in [0, 0.05) is 28.4 Å². The van der Waals surface area contributed by atoms with Gasteiger partial charge in [-0.25, -0.2) is 0 Å². The third kappa shape index (κ3) is 4.70. The molecule has 0 aliphatic rings. The topological polar surface area (TPSA) is 96.4 Å².